The second kappa shape index (κ2) is 7.21. The summed E-state index contributed by atoms with van der Waals surface area (Å²) in [7, 11) is 0. The van der Waals surface area contributed by atoms with Crippen molar-refractivity contribution in [1.29, 1.82) is 0 Å². The fourth-order valence-corrected chi connectivity index (χ4v) is 3.45. The lowest BCUT2D eigenvalue weighted by atomic mass is 10.2. The van der Waals surface area contributed by atoms with E-state index in [0.717, 1.165) is 12.0 Å². The number of nitrogens with one attached hydrogen (secondary N) is 1. The number of thiophene rings is 1. The molecule has 4 rings (SSSR count). The zero-order valence-electron chi connectivity index (χ0n) is 14.3. The Labute approximate surface area is 154 Å². The number of aromatic nitrogens is 1. The Kier molecular flexibility index (Phi) is 4.62. The van der Waals surface area contributed by atoms with Crippen molar-refractivity contribution in [3.05, 3.63) is 52.0 Å². The lowest BCUT2D eigenvalue weighted by Gasteiger charge is -2.02. The van der Waals surface area contributed by atoms with Crippen LogP contribution in [0.15, 0.2) is 40.1 Å². The van der Waals surface area contributed by atoms with Gasteiger partial charge in [-0.1, -0.05) is 6.07 Å². The van der Waals surface area contributed by atoms with Crippen molar-refractivity contribution in [1.82, 2.24) is 10.3 Å². The number of nitrogens with zero attached hydrogens (tertiary/aromatic N) is 1. The predicted octanol–water partition coefficient (Wildman–Crippen LogP) is 3.34. The van der Waals surface area contributed by atoms with Gasteiger partial charge in [0, 0.05) is 17.0 Å². The highest BCUT2D eigenvalue weighted by molar-refractivity contribution is 7.09. The average molecular weight is 370 g/mol. The van der Waals surface area contributed by atoms with E-state index in [1.54, 1.807) is 11.3 Å². The predicted molar refractivity (Wildman–Crippen MR) is 97.5 cm³/mol. The first-order valence-corrected chi connectivity index (χ1v) is 9.22. The molecule has 0 fully saturated rings. The third-order valence-electron chi connectivity index (χ3n) is 4.11. The smallest absolute Gasteiger partial charge is 0.231 e. The van der Waals surface area contributed by atoms with Crippen LogP contribution in [0.2, 0.25) is 0 Å². The van der Waals surface area contributed by atoms with Gasteiger partial charge in [-0.05, 0) is 43.0 Å². The lowest BCUT2D eigenvalue weighted by molar-refractivity contribution is -0.120. The highest BCUT2D eigenvalue weighted by atomic mass is 32.1. The second-order valence-electron chi connectivity index (χ2n) is 5.95. The van der Waals surface area contributed by atoms with Gasteiger partial charge in [0.05, 0.1) is 12.1 Å². The third-order valence-corrected chi connectivity index (χ3v) is 5.05. The summed E-state index contributed by atoms with van der Waals surface area (Å²) in [6.07, 6.45) is 1.04. The minimum absolute atomic E-state index is 0.0600. The molecule has 0 aliphatic carbocycles. The minimum Gasteiger partial charge on any atom is -0.454 e. The molecule has 0 atom stereocenters. The standard InChI is InChI=1S/C19H18N2O4S/c1-12-15(10-18(22)20-7-6-14-3-2-8-26-14)21-19(25-12)13-4-5-16-17(9-13)24-11-23-16/h2-5,8-9H,6-7,10-11H2,1H3,(H,20,22). The summed E-state index contributed by atoms with van der Waals surface area (Å²) in [5, 5.41) is 4.96. The van der Waals surface area contributed by atoms with Crippen LogP contribution >= 0.6 is 11.3 Å². The van der Waals surface area contributed by atoms with E-state index in [9.17, 15) is 4.79 Å². The number of carbonyl (C=O) groups excluding carboxylic acids is 1. The SMILES string of the molecule is Cc1oc(-c2ccc3c(c2)OCO3)nc1CC(=O)NCCc1cccs1. The molecule has 3 heterocycles. The lowest BCUT2D eigenvalue weighted by Crippen LogP contribution is -2.27. The molecule has 6 nitrogen and oxygen atoms in total. The number of benzene rings is 1. The first-order chi connectivity index (χ1) is 12.7. The summed E-state index contributed by atoms with van der Waals surface area (Å²) in [4.78, 5) is 17.9. The highest BCUT2D eigenvalue weighted by Crippen LogP contribution is 2.36. The summed E-state index contributed by atoms with van der Waals surface area (Å²) in [5.74, 6) is 2.44. The molecule has 0 radical (unpaired) electrons. The number of rotatable bonds is 6. The Hall–Kier alpha value is -2.80. The molecule has 26 heavy (non-hydrogen) atoms. The third kappa shape index (κ3) is 3.57. The fourth-order valence-electron chi connectivity index (χ4n) is 2.74. The summed E-state index contributed by atoms with van der Waals surface area (Å²) in [6, 6.07) is 9.60. The van der Waals surface area contributed by atoms with E-state index >= 15 is 0 Å². The molecule has 0 saturated carbocycles. The van der Waals surface area contributed by atoms with E-state index in [4.69, 9.17) is 13.9 Å². The molecular weight excluding hydrogens is 352 g/mol. The molecule has 2 aromatic heterocycles. The maximum Gasteiger partial charge on any atom is 0.231 e. The zero-order valence-corrected chi connectivity index (χ0v) is 15.1. The molecule has 134 valence electrons. The maximum absolute atomic E-state index is 12.2. The number of hydrogen-bond acceptors (Lipinski definition) is 6. The van der Waals surface area contributed by atoms with Gasteiger partial charge in [0.1, 0.15) is 5.76 Å². The van der Waals surface area contributed by atoms with Crippen molar-refractivity contribution >= 4 is 17.2 Å². The van der Waals surface area contributed by atoms with Crippen molar-refractivity contribution in [3.63, 3.8) is 0 Å². The molecule has 1 aliphatic heterocycles. The van der Waals surface area contributed by atoms with Gasteiger partial charge in [-0.15, -0.1) is 11.3 Å². The summed E-state index contributed by atoms with van der Waals surface area (Å²) in [6.45, 7) is 2.66. The van der Waals surface area contributed by atoms with E-state index < -0.39 is 0 Å². The normalized spacial score (nSPS) is 12.3. The Morgan fingerprint density at radius 3 is 3.00 bits per heavy atom. The van der Waals surface area contributed by atoms with E-state index in [2.05, 4.69) is 16.4 Å². The molecule has 1 aromatic carbocycles. The van der Waals surface area contributed by atoms with Crippen LogP contribution in [0, 0.1) is 6.92 Å². The van der Waals surface area contributed by atoms with Crippen molar-refractivity contribution in [2.24, 2.45) is 0 Å². The molecule has 3 aromatic rings. The van der Waals surface area contributed by atoms with Crippen LogP contribution < -0.4 is 14.8 Å². The largest absolute Gasteiger partial charge is 0.454 e. The van der Waals surface area contributed by atoms with Crippen LogP contribution in [0.1, 0.15) is 16.3 Å². The Morgan fingerprint density at radius 1 is 1.27 bits per heavy atom. The van der Waals surface area contributed by atoms with E-state index in [1.165, 1.54) is 4.88 Å². The van der Waals surface area contributed by atoms with Crippen LogP contribution in [-0.4, -0.2) is 24.2 Å². The van der Waals surface area contributed by atoms with E-state index in [-0.39, 0.29) is 19.1 Å². The van der Waals surface area contributed by atoms with Crippen molar-refractivity contribution < 1.29 is 18.7 Å². The number of hydrogen-bond donors (Lipinski definition) is 1. The zero-order chi connectivity index (χ0) is 17.9. The van der Waals surface area contributed by atoms with Gasteiger partial charge in [0.25, 0.3) is 0 Å². The van der Waals surface area contributed by atoms with Gasteiger partial charge in [0.2, 0.25) is 18.6 Å². The Morgan fingerprint density at radius 2 is 2.15 bits per heavy atom. The maximum atomic E-state index is 12.2. The van der Waals surface area contributed by atoms with E-state index in [1.807, 2.05) is 36.6 Å². The van der Waals surface area contributed by atoms with Crippen LogP contribution in [0.5, 0.6) is 11.5 Å². The molecule has 7 heteroatoms. The molecule has 1 amide bonds. The van der Waals surface area contributed by atoms with Gasteiger partial charge >= 0.3 is 0 Å². The summed E-state index contributed by atoms with van der Waals surface area (Å²) >= 11 is 1.69. The molecule has 0 spiro atoms. The number of ether oxygens (including phenoxy) is 2. The Bertz CT molecular complexity index is 918. The average Bonchev–Trinajstić information content (AvgIpc) is 3.36. The molecule has 0 unspecified atom stereocenters. The summed E-state index contributed by atoms with van der Waals surface area (Å²) in [5.41, 5.74) is 1.44. The highest BCUT2D eigenvalue weighted by Gasteiger charge is 2.18. The molecule has 0 saturated heterocycles. The Balaban J connectivity index is 1.39. The molecule has 1 N–H and O–H groups in total. The van der Waals surface area contributed by atoms with Crippen molar-refractivity contribution in [3.8, 4) is 23.0 Å². The first-order valence-electron chi connectivity index (χ1n) is 8.34. The number of amides is 1. The van der Waals surface area contributed by atoms with E-state index in [0.29, 0.717) is 35.4 Å². The quantitative estimate of drug-likeness (QED) is 0.720. The van der Waals surface area contributed by atoms with Crippen LogP contribution in [-0.2, 0) is 17.6 Å². The first kappa shape index (κ1) is 16.7. The number of oxazole rings is 1. The van der Waals surface area contributed by atoms with Crippen LogP contribution in [0.3, 0.4) is 0 Å². The number of aryl methyl sites for hydroxylation is 1. The second-order valence-corrected chi connectivity index (χ2v) is 6.98. The van der Waals surface area contributed by atoms with Gasteiger partial charge in [-0.25, -0.2) is 4.98 Å². The fraction of sp³-hybridized carbons (Fsp3) is 0.263. The van der Waals surface area contributed by atoms with Crippen molar-refractivity contribution in [2.45, 2.75) is 19.8 Å². The minimum atomic E-state index is -0.0600. The molecular formula is C19H18N2O4S. The van der Waals surface area contributed by atoms with Gasteiger partial charge in [-0.2, -0.15) is 0 Å². The van der Waals surface area contributed by atoms with Crippen LogP contribution in [0.25, 0.3) is 11.5 Å². The van der Waals surface area contributed by atoms with Crippen LogP contribution in [0.4, 0.5) is 0 Å². The molecule has 0 bridgehead atoms. The van der Waals surface area contributed by atoms with Gasteiger partial charge in [-0.3, -0.25) is 4.79 Å². The summed E-state index contributed by atoms with van der Waals surface area (Å²) < 4.78 is 16.4. The number of fused-ring (bicyclic) bond motifs is 1. The topological polar surface area (TPSA) is 73.6 Å². The van der Waals surface area contributed by atoms with Gasteiger partial charge < -0.3 is 19.2 Å². The monoisotopic (exact) mass is 370 g/mol. The number of carbonyl (C=O) groups is 1. The van der Waals surface area contributed by atoms with Gasteiger partial charge in [0.15, 0.2) is 11.5 Å². The van der Waals surface area contributed by atoms with Crippen molar-refractivity contribution in [2.75, 3.05) is 13.3 Å². The molecule has 1 aliphatic rings.